The molecule has 0 bridgehead atoms. The molecule has 1 unspecified atom stereocenters. The number of hydrogen-bond acceptors (Lipinski definition) is 3. The van der Waals surface area contributed by atoms with Gasteiger partial charge >= 0.3 is 5.97 Å². The number of carbonyl (C=O) groups is 2. The number of Topliss-reactive ketones (excluding diaryl/α,β-unsaturated/α-hetero) is 1. The van der Waals surface area contributed by atoms with Crippen LogP contribution in [0.5, 0.6) is 0 Å². The third kappa shape index (κ3) is 3.85. The summed E-state index contributed by atoms with van der Waals surface area (Å²) in [5.41, 5.74) is -0.0628. The first-order valence-electron chi connectivity index (χ1n) is 16.4. The second-order valence-electron chi connectivity index (χ2n) is 17.9. The van der Waals surface area contributed by atoms with Crippen molar-refractivity contribution in [1.82, 2.24) is 0 Å². The summed E-state index contributed by atoms with van der Waals surface area (Å²) >= 11 is 0. The Balaban J connectivity index is 1.65. The van der Waals surface area contributed by atoms with Gasteiger partial charge in [-0.3, -0.25) is 9.59 Å². The van der Waals surface area contributed by atoms with Gasteiger partial charge in [-0.2, -0.15) is 0 Å². The van der Waals surface area contributed by atoms with Crippen molar-refractivity contribution in [2.45, 2.75) is 133 Å². The van der Waals surface area contributed by atoms with Crippen molar-refractivity contribution in [1.29, 1.82) is 0 Å². The number of carboxylic acids is 1. The van der Waals surface area contributed by atoms with Crippen LogP contribution in [0.3, 0.4) is 0 Å². The van der Waals surface area contributed by atoms with Crippen LogP contribution in [-0.4, -0.2) is 28.1 Å². The SMILES string of the molecule is C=C(C)[C@@H]1CC[C@]2(C(=O)O)C(C(=O)CC(C)(C)C)C[C@]3(C)[C@H](CC[C@@H]4[C@@]5(C)CC[C@H](O)C(C)(C)[C@@H]5CC[C@]43C)[C@@H]12. The highest BCUT2D eigenvalue weighted by molar-refractivity contribution is 5.90. The second-order valence-corrected chi connectivity index (χ2v) is 17.9. The van der Waals surface area contributed by atoms with Crippen LogP contribution in [-0.2, 0) is 9.59 Å². The highest BCUT2D eigenvalue weighted by atomic mass is 16.4. The van der Waals surface area contributed by atoms with Crippen LogP contribution in [0.1, 0.15) is 127 Å². The highest BCUT2D eigenvalue weighted by Crippen LogP contribution is 2.78. The molecule has 2 N–H and O–H groups in total. The Hall–Kier alpha value is -1.16. The molecule has 0 heterocycles. The average Bonchev–Trinajstić information content (AvgIpc) is 3.23. The van der Waals surface area contributed by atoms with Gasteiger partial charge in [0, 0.05) is 12.3 Å². The van der Waals surface area contributed by atoms with Crippen LogP contribution < -0.4 is 0 Å². The standard InChI is InChI=1S/C36H58O4/c1-21(2)22-13-18-36(30(39)40)24(25(37)20-31(3,4)5)19-35(10)23(29(22)36)11-12-27-33(8)16-15-28(38)32(6,7)26(33)14-17-34(27,35)9/h22-24,26-29,38H,1,11-20H2,2-10H3,(H,39,40)/t22-,23+,24?,26-,27+,28-,29+,33-,34+,35+,36-/m0/s1. The summed E-state index contributed by atoms with van der Waals surface area (Å²) in [4.78, 5) is 27.8. The first-order valence-corrected chi connectivity index (χ1v) is 16.4. The summed E-state index contributed by atoms with van der Waals surface area (Å²) in [6, 6.07) is 0. The molecule has 5 aliphatic carbocycles. The third-order valence-corrected chi connectivity index (χ3v) is 14.6. The molecule has 5 rings (SSSR count). The molecule has 0 spiro atoms. The molecule has 4 nitrogen and oxygen atoms in total. The van der Waals surface area contributed by atoms with E-state index in [1.165, 1.54) is 0 Å². The molecule has 5 aliphatic rings. The quantitative estimate of drug-likeness (QED) is 0.343. The lowest BCUT2D eigenvalue weighted by Gasteiger charge is -2.73. The minimum atomic E-state index is -0.975. The van der Waals surface area contributed by atoms with Gasteiger partial charge < -0.3 is 10.2 Å². The Labute approximate surface area is 244 Å². The summed E-state index contributed by atoms with van der Waals surface area (Å²) in [6.07, 6.45) is 8.64. The van der Waals surface area contributed by atoms with Crippen molar-refractivity contribution in [3.05, 3.63) is 12.2 Å². The van der Waals surface area contributed by atoms with E-state index in [0.29, 0.717) is 31.1 Å². The lowest BCUT2D eigenvalue weighted by atomic mass is 9.31. The van der Waals surface area contributed by atoms with Gasteiger partial charge in [-0.15, -0.1) is 0 Å². The maximum Gasteiger partial charge on any atom is 0.310 e. The van der Waals surface area contributed by atoms with E-state index >= 15 is 0 Å². The molecule has 0 aromatic carbocycles. The van der Waals surface area contributed by atoms with Gasteiger partial charge in [0.15, 0.2) is 0 Å². The van der Waals surface area contributed by atoms with Gasteiger partial charge in [-0.1, -0.05) is 67.5 Å². The Kier molecular flexibility index (Phi) is 6.95. The van der Waals surface area contributed by atoms with Crippen LogP contribution in [0.4, 0.5) is 0 Å². The molecule has 0 saturated heterocycles. The summed E-state index contributed by atoms with van der Waals surface area (Å²) in [5.74, 6) is 0.435. The number of carbonyl (C=O) groups excluding carboxylic acids is 1. The number of carboxylic acid groups (broad SMARTS) is 1. The molecule has 11 atom stereocenters. The number of aliphatic carboxylic acids is 1. The molecule has 40 heavy (non-hydrogen) atoms. The van der Waals surface area contributed by atoms with Gasteiger partial charge in [0.25, 0.3) is 0 Å². The first-order chi connectivity index (χ1) is 18.3. The van der Waals surface area contributed by atoms with Crippen LogP contribution in [0.15, 0.2) is 12.2 Å². The van der Waals surface area contributed by atoms with Gasteiger partial charge in [0.05, 0.1) is 11.5 Å². The number of rotatable bonds is 4. The predicted octanol–water partition coefficient (Wildman–Crippen LogP) is 8.32. The topological polar surface area (TPSA) is 74.6 Å². The Morgan fingerprint density at radius 2 is 1.52 bits per heavy atom. The maximum atomic E-state index is 14.3. The molecule has 5 fully saturated rings. The molecule has 0 aromatic heterocycles. The summed E-state index contributed by atoms with van der Waals surface area (Å²) in [5, 5.41) is 22.1. The lowest BCUT2D eigenvalue weighted by molar-refractivity contribution is -0.255. The van der Waals surface area contributed by atoms with Crippen LogP contribution in [0, 0.1) is 68.0 Å². The van der Waals surface area contributed by atoms with Crippen LogP contribution >= 0.6 is 0 Å². The zero-order valence-corrected chi connectivity index (χ0v) is 27.0. The second kappa shape index (κ2) is 9.17. The molecular weight excluding hydrogens is 496 g/mol. The number of allylic oxidation sites excluding steroid dienone is 1. The number of ketones is 1. The van der Waals surface area contributed by atoms with Gasteiger partial charge in [0.2, 0.25) is 0 Å². The van der Waals surface area contributed by atoms with E-state index in [1.54, 1.807) is 0 Å². The normalized spacial score (nSPS) is 49.7. The van der Waals surface area contributed by atoms with Crippen molar-refractivity contribution in [3.8, 4) is 0 Å². The first kappa shape index (κ1) is 30.3. The molecule has 5 saturated carbocycles. The number of hydrogen-bond donors (Lipinski definition) is 2. The summed E-state index contributed by atoms with van der Waals surface area (Å²) in [7, 11) is 0. The Bertz CT molecular complexity index is 1080. The van der Waals surface area contributed by atoms with Gasteiger partial charge in [-0.25, -0.2) is 0 Å². The monoisotopic (exact) mass is 554 g/mol. The van der Waals surface area contributed by atoms with Crippen molar-refractivity contribution in [2.75, 3.05) is 0 Å². The fraction of sp³-hybridized carbons (Fsp3) is 0.889. The Morgan fingerprint density at radius 3 is 2.10 bits per heavy atom. The van der Waals surface area contributed by atoms with Gasteiger partial charge in [-0.05, 0) is 121 Å². The zero-order valence-electron chi connectivity index (χ0n) is 27.0. The maximum absolute atomic E-state index is 14.3. The zero-order chi connectivity index (χ0) is 29.8. The Morgan fingerprint density at radius 1 is 0.875 bits per heavy atom. The number of aliphatic hydroxyl groups excluding tert-OH is 1. The minimum absolute atomic E-state index is 0.0249. The fourth-order valence-electron chi connectivity index (χ4n) is 12.7. The van der Waals surface area contributed by atoms with Crippen LogP contribution in [0.25, 0.3) is 0 Å². The number of fused-ring (bicyclic) bond motifs is 7. The fourth-order valence-corrected chi connectivity index (χ4v) is 12.7. The minimum Gasteiger partial charge on any atom is -0.481 e. The molecule has 0 aromatic rings. The van der Waals surface area contributed by atoms with E-state index in [-0.39, 0.29) is 56.7 Å². The smallest absolute Gasteiger partial charge is 0.310 e. The van der Waals surface area contributed by atoms with E-state index < -0.39 is 17.3 Å². The van der Waals surface area contributed by atoms with E-state index in [2.05, 4.69) is 68.9 Å². The van der Waals surface area contributed by atoms with Crippen LogP contribution in [0.2, 0.25) is 0 Å². The summed E-state index contributed by atoms with van der Waals surface area (Å²) < 4.78 is 0. The van der Waals surface area contributed by atoms with Gasteiger partial charge in [0.1, 0.15) is 5.78 Å². The molecule has 0 aliphatic heterocycles. The molecule has 0 radical (unpaired) electrons. The number of aliphatic hydroxyl groups is 1. The van der Waals surface area contributed by atoms with E-state index in [0.717, 1.165) is 50.5 Å². The van der Waals surface area contributed by atoms with Crippen molar-refractivity contribution in [2.24, 2.45) is 68.0 Å². The molecular formula is C36H58O4. The molecule has 226 valence electrons. The van der Waals surface area contributed by atoms with E-state index in [1.807, 2.05) is 0 Å². The highest BCUT2D eigenvalue weighted by Gasteiger charge is 2.74. The molecule has 4 heteroatoms. The average molecular weight is 555 g/mol. The largest absolute Gasteiger partial charge is 0.481 e. The van der Waals surface area contributed by atoms with Crippen molar-refractivity contribution in [3.63, 3.8) is 0 Å². The van der Waals surface area contributed by atoms with Crippen molar-refractivity contribution < 1.29 is 19.8 Å². The third-order valence-electron chi connectivity index (χ3n) is 14.6. The van der Waals surface area contributed by atoms with E-state index in [9.17, 15) is 19.8 Å². The predicted molar refractivity (Wildman–Crippen MR) is 161 cm³/mol. The van der Waals surface area contributed by atoms with Crippen molar-refractivity contribution >= 4 is 11.8 Å². The van der Waals surface area contributed by atoms with E-state index in [4.69, 9.17) is 0 Å². The summed E-state index contributed by atoms with van der Waals surface area (Å²) in [6.45, 7) is 24.9. The molecule has 0 amide bonds. The lowest BCUT2D eigenvalue weighted by Crippen LogP contribution is -2.69.